The van der Waals surface area contributed by atoms with Gasteiger partial charge in [0.25, 0.3) is 5.91 Å². The van der Waals surface area contributed by atoms with Crippen molar-refractivity contribution in [1.82, 2.24) is 10.2 Å². The van der Waals surface area contributed by atoms with Gasteiger partial charge in [0.15, 0.2) is 11.5 Å². The van der Waals surface area contributed by atoms with Crippen molar-refractivity contribution in [1.29, 1.82) is 0 Å². The van der Waals surface area contributed by atoms with Crippen LogP contribution >= 0.6 is 0 Å². The lowest BCUT2D eigenvalue weighted by atomic mass is 10.1. The molecule has 4 rings (SSSR count). The van der Waals surface area contributed by atoms with Gasteiger partial charge in [-0.15, -0.1) is 5.10 Å². The fraction of sp³-hybridized carbons (Fsp3) is 0.167. The zero-order chi connectivity index (χ0) is 17.9. The average Bonchev–Trinajstić information content (AvgIpc) is 3.09. The van der Waals surface area contributed by atoms with Gasteiger partial charge in [-0.25, -0.2) is 4.39 Å². The maximum atomic E-state index is 12.9. The molecule has 0 saturated heterocycles. The Bertz CT molecular complexity index is 940. The third kappa shape index (κ3) is 3.49. The Balaban J connectivity index is 1.43. The average molecular weight is 355 g/mol. The summed E-state index contributed by atoms with van der Waals surface area (Å²) < 4.78 is 29.4. The number of anilines is 1. The van der Waals surface area contributed by atoms with Crippen molar-refractivity contribution in [3.05, 3.63) is 65.3 Å². The van der Waals surface area contributed by atoms with Gasteiger partial charge in [-0.2, -0.15) is 0 Å². The standard InChI is InChI=1S/C18H14FN3O4/c19-13-4-2-12(3-5-13)17(23)20-18-22-21-16(26-18)10-11-1-6-14-15(9-11)25-8-7-24-14/h1-6,9H,7-8,10H2,(H,20,22,23). The first-order chi connectivity index (χ1) is 12.7. The van der Waals surface area contributed by atoms with Gasteiger partial charge in [-0.05, 0) is 42.0 Å². The quantitative estimate of drug-likeness (QED) is 0.774. The van der Waals surface area contributed by atoms with Gasteiger partial charge in [0.05, 0.1) is 6.42 Å². The van der Waals surface area contributed by atoms with E-state index in [9.17, 15) is 9.18 Å². The zero-order valence-electron chi connectivity index (χ0n) is 13.6. The molecule has 132 valence electrons. The Kier molecular flexibility index (Phi) is 4.22. The molecular formula is C18H14FN3O4. The highest BCUT2D eigenvalue weighted by Crippen LogP contribution is 2.31. The molecule has 0 unspecified atom stereocenters. The first kappa shape index (κ1) is 16.1. The Morgan fingerprint density at radius 3 is 2.62 bits per heavy atom. The van der Waals surface area contributed by atoms with Crippen LogP contribution < -0.4 is 14.8 Å². The van der Waals surface area contributed by atoms with Gasteiger partial charge < -0.3 is 13.9 Å². The Hall–Kier alpha value is -3.42. The number of benzene rings is 2. The van der Waals surface area contributed by atoms with Crippen molar-refractivity contribution in [2.75, 3.05) is 18.5 Å². The van der Waals surface area contributed by atoms with Crippen LogP contribution in [0.25, 0.3) is 0 Å². The molecule has 8 heteroatoms. The van der Waals surface area contributed by atoms with Crippen LogP contribution in [-0.4, -0.2) is 29.3 Å². The molecule has 3 aromatic rings. The summed E-state index contributed by atoms with van der Waals surface area (Å²) in [5.74, 6) is 0.854. The molecule has 1 N–H and O–H groups in total. The molecule has 1 aliphatic heterocycles. The van der Waals surface area contributed by atoms with Gasteiger partial charge >= 0.3 is 6.01 Å². The fourth-order valence-electron chi connectivity index (χ4n) is 2.52. The van der Waals surface area contributed by atoms with Gasteiger partial charge in [-0.3, -0.25) is 10.1 Å². The molecule has 0 spiro atoms. The van der Waals surface area contributed by atoms with Crippen LogP contribution in [0.1, 0.15) is 21.8 Å². The molecule has 0 atom stereocenters. The molecule has 2 aromatic carbocycles. The summed E-state index contributed by atoms with van der Waals surface area (Å²) in [7, 11) is 0. The van der Waals surface area contributed by atoms with Crippen LogP contribution in [0.2, 0.25) is 0 Å². The number of fused-ring (bicyclic) bond motifs is 1. The second kappa shape index (κ2) is 6.83. The predicted molar refractivity (Wildman–Crippen MR) is 88.9 cm³/mol. The lowest BCUT2D eigenvalue weighted by Crippen LogP contribution is -2.15. The molecule has 0 bridgehead atoms. The molecule has 1 amide bonds. The highest BCUT2D eigenvalue weighted by Gasteiger charge is 2.15. The minimum absolute atomic E-state index is 0.0214. The number of aromatic nitrogens is 2. The number of amides is 1. The molecule has 26 heavy (non-hydrogen) atoms. The van der Waals surface area contributed by atoms with Crippen molar-refractivity contribution < 1.29 is 23.1 Å². The first-order valence-electron chi connectivity index (χ1n) is 7.95. The van der Waals surface area contributed by atoms with E-state index in [2.05, 4.69) is 15.5 Å². The van der Waals surface area contributed by atoms with Crippen molar-refractivity contribution in [3.8, 4) is 11.5 Å². The molecule has 1 aromatic heterocycles. The number of nitrogens with zero attached hydrogens (tertiary/aromatic N) is 2. The highest BCUT2D eigenvalue weighted by atomic mass is 19.1. The number of hydrogen-bond acceptors (Lipinski definition) is 6. The van der Waals surface area contributed by atoms with E-state index in [1.165, 1.54) is 24.3 Å². The fourth-order valence-corrected chi connectivity index (χ4v) is 2.52. The number of halogens is 1. The van der Waals surface area contributed by atoms with Gasteiger partial charge in [0, 0.05) is 5.56 Å². The number of carbonyl (C=O) groups excluding carboxylic acids is 1. The normalized spacial score (nSPS) is 12.7. The van der Waals surface area contributed by atoms with E-state index in [4.69, 9.17) is 13.9 Å². The van der Waals surface area contributed by atoms with E-state index in [0.29, 0.717) is 37.0 Å². The Morgan fingerprint density at radius 2 is 1.81 bits per heavy atom. The third-order valence-corrected chi connectivity index (χ3v) is 3.76. The molecule has 0 radical (unpaired) electrons. The van der Waals surface area contributed by atoms with Crippen molar-refractivity contribution in [2.24, 2.45) is 0 Å². The Labute approximate surface area is 147 Å². The third-order valence-electron chi connectivity index (χ3n) is 3.76. The minimum Gasteiger partial charge on any atom is -0.486 e. The van der Waals surface area contributed by atoms with Gasteiger partial charge in [0.2, 0.25) is 5.89 Å². The Morgan fingerprint density at radius 1 is 1.04 bits per heavy atom. The van der Waals surface area contributed by atoms with Crippen LogP contribution in [0.4, 0.5) is 10.4 Å². The van der Waals surface area contributed by atoms with Crippen molar-refractivity contribution in [2.45, 2.75) is 6.42 Å². The summed E-state index contributed by atoms with van der Waals surface area (Å²) in [5.41, 5.74) is 1.20. The highest BCUT2D eigenvalue weighted by molar-refractivity contribution is 6.03. The second-order valence-corrected chi connectivity index (χ2v) is 5.62. The summed E-state index contributed by atoms with van der Waals surface area (Å²) in [5, 5.41) is 10.2. The van der Waals surface area contributed by atoms with E-state index >= 15 is 0 Å². The summed E-state index contributed by atoms with van der Waals surface area (Å²) >= 11 is 0. The number of hydrogen-bond donors (Lipinski definition) is 1. The van der Waals surface area contributed by atoms with Crippen molar-refractivity contribution >= 4 is 11.9 Å². The zero-order valence-corrected chi connectivity index (χ0v) is 13.6. The summed E-state index contributed by atoms with van der Waals surface area (Å²) in [6, 6.07) is 10.7. The van der Waals surface area contributed by atoms with E-state index < -0.39 is 11.7 Å². The van der Waals surface area contributed by atoms with Crippen LogP contribution in [-0.2, 0) is 6.42 Å². The molecule has 1 aliphatic rings. The molecule has 7 nitrogen and oxygen atoms in total. The number of nitrogens with one attached hydrogen (secondary N) is 1. The van der Waals surface area contributed by atoms with E-state index in [-0.39, 0.29) is 11.6 Å². The van der Waals surface area contributed by atoms with Crippen LogP contribution in [0, 0.1) is 5.82 Å². The summed E-state index contributed by atoms with van der Waals surface area (Å²) in [6.07, 6.45) is 0.385. The monoisotopic (exact) mass is 355 g/mol. The summed E-state index contributed by atoms with van der Waals surface area (Å²) in [6.45, 7) is 1.05. The van der Waals surface area contributed by atoms with Crippen LogP contribution in [0.3, 0.4) is 0 Å². The topological polar surface area (TPSA) is 86.5 Å². The number of ether oxygens (including phenoxy) is 2. The first-order valence-corrected chi connectivity index (χ1v) is 7.95. The van der Waals surface area contributed by atoms with E-state index in [1.54, 1.807) is 0 Å². The van der Waals surface area contributed by atoms with E-state index in [1.807, 2.05) is 18.2 Å². The van der Waals surface area contributed by atoms with Gasteiger partial charge in [0.1, 0.15) is 19.0 Å². The molecular weight excluding hydrogens is 341 g/mol. The van der Waals surface area contributed by atoms with Gasteiger partial charge in [-0.1, -0.05) is 11.2 Å². The minimum atomic E-state index is -0.459. The lowest BCUT2D eigenvalue weighted by molar-refractivity contribution is 0.102. The second-order valence-electron chi connectivity index (χ2n) is 5.62. The SMILES string of the molecule is O=C(Nc1nnc(Cc2ccc3c(c2)OCCO3)o1)c1ccc(F)cc1. The van der Waals surface area contributed by atoms with Crippen LogP contribution in [0.15, 0.2) is 46.9 Å². The molecule has 2 heterocycles. The summed E-state index contributed by atoms with van der Waals surface area (Å²) in [4.78, 5) is 12.1. The smallest absolute Gasteiger partial charge is 0.322 e. The van der Waals surface area contributed by atoms with Crippen molar-refractivity contribution in [3.63, 3.8) is 0 Å². The lowest BCUT2D eigenvalue weighted by Gasteiger charge is -2.18. The number of rotatable bonds is 4. The maximum Gasteiger partial charge on any atom is 0.322 e. The van der Waals surface area contributed by atoms with Crippen LogP contribution in [0.5, 0.6) is 11.5 Å². The number of carbonyl (C=O) groups is 1. The largest absolute Gasteiger partial charge is 0.486 e. The van der Waals surface area contributed by atoms with E-state index in [0.717, 1.165) is 5.56 Å². The molecule has 0 fully saturated rings. The molecule has 0 aliphatic carbocycles. The predicted octanol–water partition coefficient (Wildman–Crippen LogP) is 2.82. The molecule has 0 saturated carbocycles. The maximum absolute atomic E-state index is 12.9.